The molecule has 3 N–H and O–H groups in total. The van der Waals surface area contributed by atoms with Gasteiger partial charge in [-0.2, -0.15) is 0 Å². The zero-order chi connectivity index (χ0) is 23.6. The molecule has 33 heavy (non-hydrogen) atoms. The summed E-state index contributed by atoms with van der Waals surface area (Å²) in [6.07, 6.45) is 3.01. The molecule has 1 aromatic heterocycles. The van der Waals surface area contributed by atoms with Crippen LogP contribution in [0.4, 0.5) is 4.39 Å². The Morgan fingerprint density at radius 2 is 1.94 bits per heavy atom. The largest absolute Gasteiger partial charge is 0.493 e. The van der Waals surface area contributed by atoms with Crippen molar-refractivity contribution >= 4 is 20.9 Å². The zero-order valence-corrected chi connectivity index (χ0v) is 19.0. The van der Waals surface area contributed by atoms with Crippen LogP contribution < -0.4 is 20.7 Å². The highest BCUT2D eigenvalue weighted by Gasteiger charge is 2.22. The van der Waals surface area contributed by atoms with Crippen molar-refractivity contribution in [3.63, 3.8) is 0 Å². The maximum Gasteiger partial charge on any atom is 0.326 e. The molecule has 1 heterocycles. The zero-order valence-electron chi connectivity index (χ0n) is 18.2. The summed E-state index contributed by atoms with van der Waals surface area (Å²) in [6, 6.07) is 8.65. The third-order valence-corrected chi connectivity index (χ3v) is 7.15. The third kappa shape index (κ3) is 6.29. The molecule has 0 aliphatic heterocycles. The van der Waals surface area contributed by atoms with E-state index in [-0.39, 0.29) is 5.75 Å². The van der Waals surface area contributed by atoms with Crippen molar-refractivity contribution in [1.29, 1.82) is 0 Å². The summed E-state index contributed by atoms with van der Waals surface area (Å²) in [5.41, 5.74) is 0.632. The molecule has 0 radical (unpaired) electrons. The van der Waals surface area contributed by atoms with Crippen LogP contribution in [0.3, 0.4) is 0 Å². The molecule has 0 saturated heterocycles. The summed E-state index contributed by atoms with van der Waals surface area (Å²) in [5, 5.41) is 0.358. The quantitative estimate of drug-likeness (QED) is 0.416. The molecule has 1 fully saturated rings. The molecule has 3 aromatic rings. The van der Waals surface area contributed by atoms with E-state index < -0.39 is 33.1 Å². The molecule has 1 aliphatic rings. The number of benzene rings is 2. The molecule has 4 rings (SSSR count). The first-order valence-corrected chi connectivity index (χ1v) is 12.5. The Kier molecular flexibility index (Phi) is 6.66. The van der Waals surface area contributed by atoms with E-state index in [4.69, 9.17) is 4.74 Å². The molecule has 0 unspecified atom stereocenters. The van der Waals surface area contributed by atoms with Gasteiger partial charge >= 0.3 is 5.69 Å². The van der Waals surface area contributed by atoms with E-state index in [1.165, 1.54) is 12.1 Å². The monoisotopic (exact) mass is 475 g/mol. The van der Waals surface area contributed by atoms with Gasteiger partial charge in [-0.25, -0.2) is 22.3 Å². The molecule has 2 aromatic carbocycles. The van der Waals surface area contributed by atoms with Crippen LogP contribution in [0.25, 0.3) is 10.9 Å². The van der Waals surface area contributed by atoms with Gasteiger partial charge in [-0.15, -0.1) is 0 Å². The summed E-state index contributed by atoms with van der Waals surface area (Å²) in [5.74, 6) is 0.326. The van der Waals surface area contributed by atoms with E-state index in [0.717, 1.165) is 18.4 Å². The molecule has 176 valence electrons. The first-order chi connectivity index (χ1) is 15.7. The van der Waals surface area contributed by atoms with E-state index in [2.05, 4.69) is 14.7 Å². The van der Waals surface area contributed by atoms with Gasteiger partial charge in [0.25, 0.3) is 5.56 Å². The minimum absolute atomic E-state index is 0.123. The number of aromatic nitrogens is 2. The second-order valence-electron chi connectivity index (χ2n) is 8.52. The lowest BCUT2D eigenvalue weighted by atomic mass is 10.1. The number of hydrogen-bond donors (Lipinski definition) is 3. The van der Waals surface area contributed by atoms with E-state index in [1.54, 1.807) is 31.2 Å². The first-order valence-electron chi connectivity index (χ1n) is 10.9. The van der Waals surface area contributed by atoms with Crippen LogP contribution in [0.5, 0.6) is 5.75 Å². The molecule has 1 saturated carbocycles. The SMILES string of the molecule is C[C@@H](NS(=O)(=O)CCCc1ccc2c(=O)[nH]c(=O)[nH]c2c1)c1cc(F)cc(OCC2CC2)c1. The van der Waals surface area contributed by atoms with Gasteiger partial charge in [-0.1, -0.05) is 6.07 Å². The summed E-state index contributed by atoms with van der Waals surface area (Å²) in [7, 11) is -3.62. The molecule has 0 bridgehead atoms. The number of rotatable bonds is 10. The normalized spacial score (nSPS) is 15.0. The molecule has 1 aliphatic carbocycles. The molecule has 1 atom stereocenters. The summed E-state index contributed by atoms with van der Waals surface area (Å²) < 4.78 is 47.4. The smallest absolute Gasteiger partial charge is 0.326 e. The van der Waals surface area contributed by atoms with E-state index in [0.29, 0.717) is 47.6 Å². The van der Waals surface area contributed by atoms with E-state index >= 15 is 0 Å². The fraction of sp³-hybridized carbons (Fsp3) is 0.391. The first kappa shape index (κ1) is 23.2. The van der Waals surface area contributed by atoms with Crippen molar-refractivity contribution in [1.82, 2.24) is 14.7 Å². The molecule has 8 nitrogen and oxygen atoms in total. The minimum atomic E-state index is -3.62. The lowest BCUT2D eigenvalue weighted by molar-refractivity contribution is 0.298. The highest BCUT2D eigenvalue weighted by atomic mass is 32.2. The van der Waals surface area contributed by atoms with Gasteiger partial charge in [0.15, 0.2) is 0 Å². The van der Waals surface area contributed by atoms with E-state index in [9.17, 15) is 22.4 Å². The van der Waals surface area contributed by atoms with Gasteiger partial charge in [-0.05, 0) is 73.9 Å². The Morgan fingerprint density at radius 1 is 1.15 bits per heavy atom. The van der Waals surface area contributed by atoms with Gasteiger partial charge in [0.05, 0.1) is 23.3 Å². The Balaban J connectivity index is 1.35. The molecular weight excluding hydrogens is 449 g/mol. The topological polar surface area (TPSA) is 121 Å². The van der Waals surface area contributed by atoms with Gasteiger partial charge in [0.1, 0.15) is 11.6 Å². The number of sulfonamides is 1. The average Bonchev–Trinajstić information content (AvgIpc) is 3.55. The van der Waals surface area contributed by atoms with Crippen molar-refractivity contribution < 1.29 is 17.5 Å². The maximum atomic E-state index is 14.0. The minimum Gasteiger partial charge on any atom is -0.493 e. The lowest BCUT2D eigenvalue weighted by Gasteiger charge is -2.16. The Morgan fingerprint density at radius 3 is 2.70 bits per heavy atom. The van der Waals surface area contributed by atoms with Crippen molar-refractivity contribution in [2.45, 2.75) is 38.6 Å². The summed E-state index contributed by atoms with van der Waals surface area (Å²) >= 11 is 0. The van der Waals surface area contributed by atoms with Gasteiger partial charge in [0.2, 0.25) is 10.0 Å². The predicted molar refractivity (Wildman–Crippen MR) is 123 cm³/mol. The summed E-state index contributed by atoms with van der Waals surface area (Å²) in [6.45, 7) is 2.20. The second-order valence-corrected chi connectivity index (χ2v) is 10.4. The van der Waals surface area contributed by atoms with Crippen LogP contribution in [-0.4, -0.2) is 30.7 Å². The van der Waals surface area contributed by atoms with Crippen LogP contribution in [0.15, 0.2) is 46.0 Å². The second kappa shape index (κ2) is 9.48. The highest BCUT2D eigenvalue weighted by molar-refractivity contribution is 7.89. The summed E-state index contributed by atoms with van der Waals surface area (Å²) in [4.78, 5) is 28.0. The number of aromatic amines is 2. The van der Waals surface area contributed by atoms with Crippen LogP contribution in [0, 0.1) is 11.7 Å². The number of H-pyrrole nitrogens is 2. The van der Waals surface area contributed by atoms with Crippen molar-refractivity contribution in [3.8, 4) is 5.75 Å². The molecular formula is C23H26FN3O5S. The average molecular weight is 476 g/mol. The number of aryl methyl sites for hydroxylation is 1. The van der Waals surface area contributed by atoms with Crippen LogP contribution in [0.2, 0.25) is 0 Å². The van der Waals surface area contributed by atoms with Crippen LogP contribution in [-0.2, 0) is 16.4 Å². The molecule has 0 amide bonds. The predicted octanol–water partition coefficient (Wildman–Crippen LogP) is 2.76. The fourth-order valence-electron chi connectivity index (χ4n) is 3.65. The van der Waals surface area contributed by atoms with E-state index in [1.807, 2.05) is 0 Å². The number of ether oxygens (including phenoxy) is 1. The Bertz CT molecular complexity index is 1380. The fourth-order valence-corrected chi connectivity index (χ4v) is 4.97. The standard InChI is InChI=1S/C23H26FN3O5S/c1-14(17-10-18(24)12-19(11-17)32-13-16-4-5-16)27-33(30,31)8-2-3-15-6-7-20-21(9-15)25-23(29)26-22(20)28/h6-7,9-12,14,16,27H,2-5,8,13H2,1H3,(H2,25,26,28,29)/t14-/m1/s1. The Labute approximate surface area is 190 Å². The van der Waals surface area contributed by atoms with Gasteiger partial charge < -0.3 is 9.72 Å². The molecule has 0 spiro atoms. The van der Waals surface area contributed by atoms with Gasteiger partial charge in [0, 0.05) is 12.1 Å². The van der Waals surface area contributed by atoms with Crippen LogP contribution in [0.1, 0.15) is 43.4 Å². The number of halogens is 1. The Hall–Kier alpha value is -2.98. The third-order valence-electron chi connectivity index (χ3n) is 5.61. The molecule has 10 heteroatoms. The van der Waals surface area contributed by atoms with Crippen molar-refractivity contribution in [3.05, 3.63) is 74.2 Å². The van der Waals surface area contributed by atoms with Gasteiger partial charge in [-0.3, -0.25) is 9.78 Å². The maximum absolute atomic E-state index is 14.0. The lowest BCUT2D eigenvalue weighted by Crippen LogP contribution is -2.29. The number of hydrogen-bond acceptors (Lipinski definition) is 5. The number of nitrogens with one attached hydrogen (secondary N) is 3. The number of fused-ring (bicyclic) bond motifs is 1. The highest BCUT2D eigenvalue weighted by Crippen LogP contribution is 2.30. The van der Waals surface area contributed by atoms with Crippen molar-refractivity contribution in [2.24, 2.45) is 5.92 Å². The van der Waals surface area contributed by atoms with Crippen LogP contribution >= 0.6 is 0 Å². The van der Waals surface area contributed by atoms with Crippen molar-refractivity contribution in [2.75, 3.05) is 12.4 Å².